The van der Waals surface area contributed by atoms with Crippen molar-refractivity contribution in [2.45, 2.75) is 84.9 Å². The minimum absolute atomic E-state index is 0.278. The van der Waals surface area contributed by atoms with Gasteiger partial charge in [0.25, 0.3) is 0 Å². The highest BCUT2D eigenvalue weighted by atomic mass is 28.3. The van der Waals surface area contributed by atoms with E-state index in [1.54, 1.807) is 5.56 Å². The molecule has 0 radical (unpaired) electrons. The Labute approximate surface area is 205 Å². The SMILES string of the molecule is Cc1cc2ccc3c(-c4ccc([Si](C)(C)C)cc4)nc(C(C)C)nc3c2c(C)c1C1CCCC1. The molecule has 3 heteroatoms. The molecule has 176 valence electrons. The third-order valence-corrected chi connectivity index (χ3v) is 9.86. The first-order chi connectivity index (χ1) is 16.1. The fourth-order valence-electron chi connectivity index (χ4n) is 5.93. The molecule has 4 aromatic rings. The third kappa shape index (κ3) is 3.98. The van der Waals surface area contributed by atoms with Crippen LogP contribution in [0.5, 0.6) is 0 Å². The molecule has 0 amide bonds. The van der Waals surface area contributed by atoms with Crippen LogP contribution in [0.2, 0.25) is 19.6 Å². The summed E-state index contributed by atoms with van der Waals surface area (Å²) in [5.74, 6) is 1.91. The standard InChI is InChI=1S/C31H38N2Si/c1-19(2)31-32-29(23-12-15-25(16-13-23)34(5,6)7)26-17-14-24-18-20(3)27(22-10-8-9-11-22)21(4)28(24)30(26)33-31/h12-19,22H,8-11H2,1-7H3. The number of aryl methyl sites for hydroxylation is 2. The second kappa shape index (κ2) is 8.60. The number of nitrogens with zero attached hydrogens (tertiary/aromatic N) is 2. The van der Waals surface area contributed by atoms with Gasteiger partial charge in [0, 0.05) is 22.3 Å². The van der Waals surface area contributed by atoms with Crippen LogP contribution in [0.3, 0.4) is 0 Å². The average Bonchev–Trinajstić information content (AvgIpc) is 3.31. The lowest BCUT2D eigenvalue weighted by atomic mass is 9.85. The molecule has 0 N–H and O–H groups in total. The maximum Gasteiger partial charge on any atom is 0.132 e. The van der Waals surface area contributed by atoms with Crippen molar-refractivity contribution in [3.05, 3.63) is 65.0 Å². The maximum atomic E-state index is 5.20. The summed E-state index contributed by atoms with van der Waals surface area (Å²) in [6.45, 7) is 16.2. The van der Waals surface area contributed by atoms with Crippen LogP contribution in [0.25, 0.3) is 32.9 Å². The second-order valence-electron chi connectivity index (χ2n) is 11.7. The first-order valence-electron chi connectivity index (χ1n) is 13.0. The molecule has 2 nitrogen and oxygen atoms in total. The minimum Gasteiger partial charge on any atom is -0.232 e. The van der Waals surface area contributed by atoms with Crippen LogP contribution in [-0.2, 0) is 0 Å². The smallest absolute Gasteiger partial charge is 0.132 e. The van der Waals surface area contributed by atoms with E-state index in [1.807, 2.05) is 0 Å². The normalized spacial score (nSPS) is 15.2. The molecular formula is C31H38N2Si. The topological polar surface area (TPSA) is 25.8 Å². The second-order valence-corrected chi connectivity index (χ2v) is 16.8. The van der Waals surface area contributed by atoms with Gasteiger partial charge in [-0.15, -0.1) is 0 Å². The summed E-state index contributed by atoms with van der Waals surface area (Å²) in [5, 5.41) is 5.28. The molecule has 3 aromatic carbocycles. The van der Waals surface area contributed by atoms with Gasteiger partial charge in [-0.1, -0.05) is 87.9 Å². The Hall–Kier alpha value is -2.52. The van der Waals surface area contributed by atoms with E-state index in [1.165, 1.54) is 63.7 Å². The molecular weight excluding hydrogens is 428 g/mol. The Balaban J connectivity index is 1.80. The number of hydrogen-bond acceptors (Lipinski definition) is 2. The lowest BCUT2D eigenvalue weighted by Crippen LogP contribution is -2.37. The highest BCUT2D eigenvalue weighted by Crippen LogP contribution is 2.42. The van der Waals surface area contributed by atoms with Gasteiger partial charge in [-0.25, -0.2) is 9.97 Å². The lowest BCUT2D eigenvalue weighted by Gasteiger charge is -2.21. The van der Waals surface area contributed by atoms with E-state index in [4.69, 9.17) is 9.97 Å². The quantitative estimate of drug-likeness (QED) is 0.223. The molecule has 0 unspecified atom stereocenters. The van der Waals surface area contributed by atoms with Gasteiger partial charge in [-0.05, 0) is 60.7 Å². The summed E-state index contributed by atoms with van der Waals surface area (Å²) in [5.41, 5.74) is 7.83. The van der Waals surface area contributed by atoms with Crippen molar-refractivity contribution < 1.29 is 0 Å². The van der Waals surface area contributed by atoms with Crippen LogP contribution < -0.4 is 5.19 Å². The van der Waals surface area contributed by atoms with Gasteiger partial charge >= 0.3 is 0 Å². The zero-order valence-electron chi connectivity index (χ0n) is 21.9. The monoisotopic (exact) mass is 466 g/mol. The summed E-state index contributed by atoms with van der Waals surface area (Å²) < 4.78 is 0. The predicted molar refractivity (Wildman–Crippen MR) is 150 cm³/mol. The molecule has 0 spiro atoms. The van der Waals surface area contributed by atoms with E-state index < -0.39 is 8.07 Å². The maximum absolute atomic E-state index is 5.20. The fourth-order valence-corrected chi connectivity index (χ4v) is 7.10. The summed E-state index contributed by atoms with van der Waals surface area (Å²) >= 11 is 0. The van der Waals surface area contributed by atoms with Crippen LogP contribution in [-0.4, -0.2) is 18.0 Å². The van der Waals surface area contributed by atoms with Crippen molar-refractivity contribution in [3.8, 4) is 11.3 Å². The van der Waals surface area contributed by atoms with Crippen LogP contribution >= 0.6 is 0 Å². The highest BCUT2D eigenvalue weighted by Gasteiger charge is 2.24. The van der Waals surface area contributed by atoms with Gasteiger partial charge in [-0.3, -0.25) is 0 Å². The zero-order chi connectivity index (χ0) is 24.2. The highest BCUT2D eigenvalue weighted by molar-refractivity contribution is 6.88. The summed E-state index contributed by atoms with van der Waals surface area (Å²) in [7, 11) is -1.34. The van der Waals surface area contributed by atoms with Gasteiger partial charge in [-0.2, -0.15) is 0 Å². The Kier molecular flexibility index (Phi) is 5.88. The molecule has 1 heterocycles. The van der Waals surface area contributed by atoms with E-state index in [0.717, 1.165) is 17.0 Å². The molecule has 0 aliphatic heterocycles. The molecule has 0 atom stereocenters. The minimum atomic E-state index is -1.34. The largest absolute Gasteiger partial charge is 0.232 e. The van der Waals surface area contributed by atoms with E-state index in [2.05, 4.69) is 89.8 Å². The number of rotatable bonds is 4. The van der Waals surface area contributed by atoms with Crippen LogP contribution in [0, 0.1) is 13.8 Å². The summed E-state index contributed by atoms with van der Waals surface area (Å²) in [6.07, 6.45) is 5.35. The van der Waals surface area contributed by atoms with E-state index in [0.29, 0.717) is 5.92 Å². The number of fused-ring (bicyclic) bond motifs is 3. The zero-order valence-corrected chi connectivity index (χ0v) is 22.9. The summed E-state index contributed by atoms with van der Waals surface area (Å²) in [6, 6.07) is 16.1. The Morgan fingerprint density at radius 1 is 0.882 bits per heavy atom. The third-order valence-electron chi connectivity index (χ3n) is 7.80. The summed E-state index contributed by atoms with van der Waals surface area (Å²) in [4.78, 5) is 10.3. The van der Waals surface area contributed by atoms with Gasteiger partial charge < -0.3 is 0 Å². The first-order valence-corrected chi connectivity index (χ1v) is 16.5. The molecule has 34 heavy (non-hydrogen) atoms. The van der Waals surface area contributed by atoms with Crippen molar-refractivity contribution in [3.63, 3.8) is 0 Å². The molecule has 0 bridgehead atoms. The van der Waals surface area contributed by atoms with Crippen molar-refractivity contribution in [1.29, 1.82) is 0 Å². The van der Waals surface area contributed by atoms with Crippen molar-refractivity contribution in [2.75, 3.05) is 0 Å². The fraction of sp³-hybridized carbons (Fsp3) is 0.419. The van der Waals surface area contributed by atoms with Gasteiger partial charge in [0.2, 0.25) is 0 Å². The van der Waals surface area contributed by atoms with Gasteiger partial charge in [0.05, 0.1) is 19.3 Å². The average molecular weight is 467 g/mol. The van der Waals surface area contributed by atoms with Crippen molar-refractivity contribution in [1.82, 2.24) is 9.97 Å². The van der Waals surface area contributed by atoms with Crippen molar-refractivity contribution >= 4 is 34.9 Å². The van der Waals surface area contributed by atoms with Crippen LogP contribution in [0.15, 0.2) is 42.5 Å². The number of aromatic nitrogens is 2. The molecule has 0 saturated heterocycles. The molecule has 1 saturated carbocycles. The van der Waals surface area contributed by atoms with Crippen molar-refractivity contribution in [2.24, 2.45) is 0 Å². The van der Waals surface area contributed by atoms with Gasteiger partial charge in [0.15, 0.2) is 0 Å². The molecule has 1 aromatic heterocycles. The molecule has 1 aliphatic rings. The van der Waals surface area contributed by atoms with E-state index in [-0.39, 0.29) is 5.92 Å². The van der Waals surface area contributed by atoms with Crippen LogP contribution in [0.4, 0.5) is 0 Å². The predicted octanol–water partition coefficient (Wildman–Crippen LogP) is 8.39. The Bertz CT molecular complexity index is 1370. The van der Waals surface area contributed by atoms with E-state index in [9.17, 15) is 0 Å². The van der Waals surface area contributed by atoms with Crippen LogP contribution in [0.1, 0.15) is 73.9 Å². The number of hydrogen-bond donors (Lipinski definition) is 0. The molecule has 5 rings (SSSR count). The lowest BCUT2D eigenvalue weighted by molar-refractivity contribution is 0.714. The Morgan fingerprint density at radius 3 is 2.18 bits per heavy atom. The Morgan fingerprint density at radius 2 is 1.56 bits per heavy atom. The molecule has 1 fully saturated rings. The molecule has 1 aliphatic carbocycles. The first kappa shape index (κ1) is 23.2. The van der Waals surface area contributed by atoms with E-state index >= 15 is 0 Å². The van der Waals surface area contributed by atoms with Gasteiger partial charge in [0.1, 0.15) is 5.82 Å². The number of benzene rings is 3.